The van der Waals surface area contributed by atoms with Crippen LogP contribution in [-0.2, 0) is 9.47 Å². The Kier molecular flexibility index (Phi) is 7.22. The average molecular weight is 500 g/mol. The van der Waals surface area contributed by atoms with Gasteiger partial charge in [-0.1, -0.05) is 54.6 Å². The number of halogens is 1. The van der Waals surface area contributed by atoms with Crippen LogP contribution in [0, 0.1) is 5.82 Å². The first kappa shape index (κ1) is 24.9. The maximum absolute atomic E-state index is 13.7. The van der Waals surface area contributed by atoms with E-state index >= 15 is 0 Å². The Morgan fingerprint density at radius 3 is 2.46 bits per heavy atom. The van der Waals surface area contributed by atoms with Gasteiger partial charge < -0.3 is 19.1 Å². The first-order chi connectivity index (χ1) is 17.9. The maximum atomic E-state index is 13.7. The highest BCUT2D eigenvalue weighted by Crippen LogP contribution is 2.38. The molecule has 4 aromatic rings. The highest BCUT2D eigenvalue weighted by Gasteiger charge is 2.30. The van der Waals surface area contributed by atoms with Crippen LogP contribution in [0.25, 0.3) is 28.1 Å². The van der Waals surface area contributed by atoms with Crippen molar-refractivity contribution in [1.82, 2.24) is 4.57 Å². The Morgan fingerprint density at radius 1 is 1.03 bits per heavy atom. The molecule has 3 unspecified atom stereocenters. The number of aliphatic hydroxyl groups is 1. The number of rotatable bonds is 6. The molecule has 1 aromatic heterocycles. The van der Waals surface area contributed by atoms with Gasteiger partial charge in [0.05, 0.1) is 11.7 Å². The average Bonchev–Trinajstić information content (AvgIpc) is 3.22. The minimum Gasteiger partial charge on any atom is -0.458 e. The fourth-order valence-electron chi connectivity index (χ4n) is 5.03. The van der Waals surface area contributed by atoms with Gasteiger partial charge >= 0.3 is 5.97 Å². The number of hydrogen-bond acceptors (Lipinski definition) is 4. The van der Waals surface area contributed by atoms with Crippen LogP contribution in [0.1, 0.15) is 48.8 Å². The third-order valence-electron chi connectivity index (χ3n) is 6.64. The molecule has 0 radical (unpaired) electrons. The molecule has 0 aliphatic carbocycles. The summed E-state index contributed by atoms with van der Waals surface area (Å²) in [5.74, 6) is -0.699. The number of fused-ring (bicyclic) bond motifs is 1. The number of benzene rings is 3. The molecule has 3 aromatic carbocycles. The molecule has 5 nitrogen and oxygen atoms in total. The summed E-state index contributed by atoms with van der Waals surface area (Å²) < 4.78 is 27.4. The van der Waals surface area contributed by atoms with E-state index in [1.807, 2.05) is 30.4 Å². The summed E-state index contributed by atoms with van der Waals surface area (Å²) in [4.78, 5) is 12.6. The summed E-state index contributed by atoms with van der Waals surface area (Å²) in [5, 5.41) is 11.4. The van der Waals surface area contributed by atoms with Gasteiger partial charge in [-0.3, -0.25) is 0 Å². The predicted octanol–water partition coefficient (Wildman–Crippen LogP) is 6.76. The van der Waals surface area contributed by atoms with E-state index in [-0.39, 0.29) is 18.3 Å². The number of para-hydroxylation sites is 1. The van der Waals surface area contributed by atoms with Crippen molar-refractivity contribution >= 4 is 22.9 Å². The van der Waals surface area contributed by atoms with Crippen molar-refractivity contribution in [1.29, 1.82) is 0 Å². The van der Waals surface area contributed by atoms with Crippen LogP contribution in [0.15, 0.2) is 84.9 Å². The van der Waals surface area contributed by atoms with E-state index in [1.165, 1.54) is 12.1 Å². The van der Waals surface area contributed by atoms with Gasteiger partial charge in [-0.25, -0.2) is 9.18 Å². The molecule has 37 heavy (non-hydrogen) atoms. The van der Waals surface area contributed by atoms with E-state index in [2.05, 4.69) is 30.5 Å². The van der Waals surface area contributed by atoms with E-state index < -0.39 is 24.5 Å². The number of hydrogen-bond donors (Lipinski definition) is 1. The first-order valence-corrected chi connectivity index (χ1v) is 12.6. The monoisotopic (exact) mass is 499 g/mol. The van der Waals surface area contributed by atoms with Crippen molar-refractivity contribution in [2.24, 2.45) is 0 Å². The van der Waals surface area contributed by atoms with E-state index in [0.717, 1.165) is 27.7 Å². The molecule has 1 aliphatic heterocycles. The Hall–Kier alpha value is -3.74. The zero-order valence-corrected chi connectivity index (χ0v) is 20.9. The highest BCUT2D eigenvalue weighted by molar-refractivity contribution is 6.01. The van der Waals surface area contributed by atoms with Crippen molar-refractivity contribution in [3.8, 4) is 11.1 Å². The molecule has 0 bridgehead atoms. The van der Waals surface area contributed by atoms with Crippen LogP contribution >= 0.6 is 0 Å². The van der Waals surface area contributed by atoms with Gasteiger partial charge in [-0.05, 0) is 55.8 Å². The topological polar surface area (TPSA) is 60.7 Å². The maximum Gasteiger partial charge on any atom is 0.338 e. The summed E-state index contributed by atoms with van der Waals surface area (Å²) in [5.41, 5.74) is 4.43. The van der Waals surface area contributed by atoms with Crippen molar-refractivity contribution in [2.75, 3.05) is 0 Å². The molecule has 5 rings (SSSR count). The van der Waals surface area contributed by atoms with E-state index in [1.54, 1.807) is 36.4 Å². The molecule has 0 saturated carbocycles. The first-order valence-electron chi connectivity index (χ1n) is 12.6. The molecule has 6 heteroatoms. The highest BCUT2D eigenvalue weighted by atomic mass is 19.1. The van der Waals surface area contributed by atoms with Crippen molar-refractivity contribution in [2.45, 2.75) is 51.2 Å². The fraction of sp³-hybridized carbons (Fsp3) is 0.258. The van der Waals surface area contributed by atoms with Crippen molar-refractivity contribution < 1.29 is 23.8 Å². The van der Waals surface area contributed by atoms with Crippen molar-refractivity contribution in [3.63, 3.8) is 0 Å². The van der Waals surface area contributed by atoms with Crippen LogP contribution in [0.4, 0.5) is 4.39 Å². The Morgan fingerprint density at radius 2 is 1.73 bits per heavy atom. The summed E-state index contributed by atoms with van der Waals surface area (Å²) >= 11 is 0. The van der Waals surface area contributed by atoms with Crippen LogP contribution in [0.3, 0.4) is 0 Å². The lowest BCUT2D eigenvalue weighted by Crippen LogP contribution is -2.37. The van der Waals surface area contributed by atoms with Crippen LogP contribution in [-0.4, -0.2) is 34.1 Å². The molecular formula is C31H30FNO4. The van der Waals surface area contributed by atoms with Gasteiger partial charge in [0.15, 0.2) is 6.29 Å². The lowest BCUT2D eigenvalue weighted by atomic mass is 10.00. The molecular weight excluding hydrogens is 469 g/mol. The van der Waals surface area contributed by atoms with Gasteiger partial charge in [-0.15, -0.1) is 0 Å². The van der Waals surface area contributed by atoms with Gasteiger partial charge in [0.1, 0.15) is 11.9 Å². The lowest BCUT2D eigenvalue weighted by Gasteiger charge is -2.31. The summed E-state index contributed by atoms with van der Waals surface area (Å²) in [6, 6.07) is 23.7. The van der Waals surface area contributed by atoms with E-state index in [9.17, 15) is 14.3 Å². The summed E-state index contributed by atoms with van der Waals surface area (Å²) in [7, 11) is 0. The second kappa shape index (κ2) is 10.7. The van der Waals surface area contributed by atoms with E-state index in [0.29, 0.717) is 12.0 Å². The third kappa shape index (κ3) is 5.36. The van der Waals surface area contributed by atoms with Crippen LogP contribution in [0.2, 0.25) is 0 Å². The molecule has 1 N–H and O–H groups in total. The lowest BCUT2D eigenvalue weighted by molar-refractivity contribution is -0.175. The quantitative estimate of drug-likeness (QED) is 0.298. The zero-order chi connectivity index (χ0) is 25.9. The Balaban J connectivity index is 1.47. The molecule has 1 saturated heterocycles. The van der Waals surface area contributed by atoms with Crippen LogP contribution < -0.4 is 0 Å². The number of aliphatic hydroxyl groups excluding tert-OH is 1. The number of aromatic nitrogens is 1. The number of carbonyl (C=O) groups is 1. The largest absolute Gasteiger partial charge is 0.458 e. The Bertz CT molecular complexity index is 1410. The molecule has 190 valence electrons. The van der Waals surface area contributed by atoms with Gasteiger partial charge in [-0.2, -0.15) is 0 Å². The fourth-order valence-corrected chi connectivity index (χ4v) is 5.03. The number of nitrogens with zero attached hydrogens (tertiary/aromatic N) is 1. The number of ether oxygens (including phenoxy) is 2. The summed E-state index contributed by atoms with van der Waals surface area (Å²) in [6.07, 6.45) is 2.60. The minimum atomic E-state index is -1.04. The Labute approximate surface area is 215 Å². The standard InChI is InChI=1S/C31H30FNO4/c1-20(2)33-27-11-7-6-10-26(27)30(21-12-14-23(32)15-13-21)28(33)17-16-24-18-25(19-29(34)36-24)37-31(35)22-8-4-3-5-9-22/h3-17,20,24-25,29,34H,18-19H2,1-2H3/b17-16+. The second-order valence-corrected chi connectivity index (χ2v) is 9.60. The molecule has 0 spiro atoms. The number of carbonyl (C=O) groups excluding carboxylic acids is 1. The normalized spacial score (nSPS) is 20.1. The van der Waals surface area contributed by atoms with Crippen molar-refractivity contribution in [3.05, 3.63) is 102 Å². The van der Waals surface area contributed by atoms with Gasteiger partial charge in [0, 0.05) is 41.0 Å². The molecule has 1 fully saturated rings. The molecule has 0 amide bonds. The minimum absolute atomic E-state index is 0.163. The molecule has 3 atom stereocenters. The van der Waals surface area contributed by atoms with Gasteiger partial charge in [0.25, 0.3) is 0 Å². The third-order valence-corrected chi connectivity index (χ3v) is 6.64. The predicted molar refractivity (Wildman–Crippen MR) is 143 cm³/mol. The smallest absolute Gasteiger partial charge is 0.338 e. The molecule has 2 heterocycles. The second-order valence-electron chi connectivity index (χ2n) is 9.60. The van der Waals surface area contributed by atoms with Gasteiger partial charge in [0.2, 0.25) is 0 Å². The number of esters is 1. The summed E-state index contributed by atoms with van der Waals surface area (Å²) in [6.45, 7) is 4.25. The zero-order valence-electron chi connectivity index (χ0n) is 20.9. The van der Waals surface area contributed by atoms with Crippen LogP contribution in [0.5, 0.6) is 0 Å². The molecule has 1 aliphatic rings. The van der Waals surface area contributed by atoms with E-state index in [4.69, 9.17) is 9.47 Å². The SMILES string of the molecule is CC(C)n1c(/C=C/C2CC(OC(=O)c3ccccc3)CC(O)O2)c(-c2ccc(F)cc2)c2ccccc21.